The Labute approximate surface area is 130 Å². The molecular formula is C14H10Cl2N4O. The van der Waals surface area contributed by atoms with Gasteiger partial charge in [0.2, 0.25) is 0 Å². The SMILES string of the molecule is Nc1cnccc1-c1nc(Cc2ccc(Cl)cc2Cl)no1. The summed E-state index contributed by atoms with van der Waals surface area (Å²) in [5, 5.41) is 5.09. The van der Waals surface area contributed by atoms with Gasteiger partial charge < -0.3 is 10.3 Å². The van der Waals surface area contributed by atoms with Crippen LogP contribution in [0.5, 0.6) is 0 Å². The van der Waals surface area contributed by atoms with Crippen molar-refractivity contribution in [3.63, 3.8) is 0 Å². The zero-order valence-corrected chi connectivity index (χ0v) is 12.3. The second-order valence-electron chi connectivity index (χ2n) is 4.39. The molecule has 2 heterocycles. The lowest BCUT2D eigenvalue weighted by Gasteiger charge is -2.01. The molecule has 0 unspecified atom stereocenters. The molecule has 21 heavy (non-hydrogen) atoms. The molecule has 0 saturated carbocycles. The van der Waals surface area contributed by atoms with E-state index in [0.29, 0.717) is 39.4 Å². The first kappa shape index (κ1) is 13.9. The number of benzene rings is 1. The van der Waals surface area contributed by atoms with Gasteiger partial charge in [-0.3, -0.25) is 4.98 Å². The van der Waals surface area contributed by atoms with Crippen LogP contribution in [0.4, 0.5) is 5.69 Å². The van der Waals surface area contributed by atoms with Gasteiger partial charge >= 0.3 is 0 Å². The second-order valence-corrected chi connectivity index (χ2v) is 5.23. The van der Waals surface area contributed by atoms with Gasteiger partial charge in [0, 0.05) is 22.7 Å². The minimum atomic E-state index is 0.356. The number of nitrogen functional groups attached to an aromatic ring is 1. The molecule has 0 saturated heterocycles. The Bertz CT molecular complexity index is 788. The molecule has 3 rings (SSSR count). The van der Waals surface area contributed by atoms with Crippen LogP contribution in [0.15, 0.2) is 41.2 Å². The minimum absolute atomic E-state index is 0.356. The zero-order chi connectivity index (χ0) is 14.8. The summed E-state index contributed by atoms with van der Waals surface area (Å²) in [4.78, 5) is 8.24. The number of aromatic nitrogens is 3. The molecule has 0 bridgehead atoms. The molecule has 0 aliphatic heterocycles. The van der Waals surface area contributed by atoms with Gasteiger partial charge in [0.25, 0.3) is 5.89 Å². The molecule has 7 heteroatoms. The Balaban J connectivity index is 1.87. The first-order chi connectivity index (χ1) is 10.1. The lowest BCUT2D eigenvalue weighted by atomic mass is 10.1. The predicted molar refractivity (Wildman–Crippen MR) is 81.2 cm³/mol. The second kappa shape index (κ2) is 5.71. The van der Waals surface area contributed by atoms with Crippen LogP contribution in [0, 0.1) is 0 Å². The summed E-state index contributed by atoms with van der Waals surface area (Å²) in [7, 11) is 0. The van der Waals surface area contributed by atoms with Gasteiger partial charge in [-0.05, 0) is 23.8 Å². The van der Waals surface area contributed by atoms with Gasteiger partial charge in [-0.2, -0.15) is 4.98 Å². The molecular weight excluding hydrogens is 311 g/mol. The molecule has 0 aliphatic rings. The van der Waals surface area contributed by atoms with Crippen molar-refractivity contribution in [3.8, 4) is 11.5 Å². The normalized spacial score (nSPS) is 10.8. The summed E-state index contributed by atoms with van der Waals surface area (Å²) in [6.07, 6.45) is 3.60. The van der Waals surface area contributed by atoms with Gasteiger partial charge in [-0.1, -0.05) is 34.4 Å². The fourth-order valence-electron chi connectivity index (χ4n) is 1.87. The van der Waals surface area contributed by atoms with Crippen LogP contribution in [-0.4, -0.2) is 15.1 Å². The minimum Gasteiger partial charge on any atom is -0.397 e. The summed E-state index contributed by atoms with van der Waals surface area (Å²) >= 11 is 12.0. The Hall–Kier alpha value is -2.11. The van der Waals surface area contributed by atoms with E-state index >= 15 is 0 Å². The monoisotopic (exact) mass is 320 g/mol. The van der Waals surface area contributed by atoms with Crippen LogP contribution >= 0.6 is 23.2 Å². The third-order valence-electron chi connectivity index (χ3n) is 2.91. The van der Waals surface area contributed by atoms with E-state index in [0.717, 1.165) is 5.56 Å². The van der Waals surface area contributed by atoms with Crippen molar-refractivity contribution in [2.24, 2.45) is 0 Å². The van der Waals surface area contributed by atoms with E-state index in [2.05, 4.69) is 15.1 Å². The smallest absolute Gasteiger partial charge is 0.260 e. The predicted octanol–water partition coefficient (Wildman–Crippen LogP) is 3.61. The zero-order valence-electron chi connectivity index (χ0n) is 10.8. The molecule has 2 aromatic heterocycles. The molecule has 0 fully saturated rings. The highest BCUT2D eigenvalue weighted by atomic mass is 35.5. The lowest BCUT2D eigenvalue weighted by molar-refractivity contribution is 0.424. The molecule has 0 radical (unpaired) electrons. The van der Waals surface area contributed by atoms with Crippen LogP contribution in [0.25, 0.3) is 11.5 Å². The average Bonchev–Trinajstić information content (AvgIpc) is 2.91. The van der Waals surface area contributed by atoms with Crippen molar-refractivity contribution in [1.82, 2.24) is 15.1 Å². The number of hydrogen-bond acceptors (Lipinski definition) is 5. The number of pyridine rings is 1. The average molecular weight is 321 g/mol. The summed E-state index contributed by atoms with van der Waals surface area (Å²) < 4.78 is 5.23. The lowest BCUT2D eigenvalue weighted by Crippen LogP contribution is -1.93. The van der Waals surface area contributed by atoms with E-state index < -0.39 is 0 Å². The maximum atomic E-state index is 6.13. The van der Waals surface area contributed by atoms with Crippen molar-refractivity contribution in [1.29, 1.82) is 0 Å². The van der Waals surface area contributed by atoms with Crippen molar-refractivity contribution < 1.29 is 4.52 Å². The Morgan fingerprint density at radius 3 is 2.81 bits per heavy atom. The molecule has 3 aromatic rings. The van der Waals surface area contributed by atoms with Gasteiger partial charge in [-0.25, -0.2) is 0 Å². The quantitative estimate of drug-likeness (QED) is 0.797. The van der Waals surface area contributed by atoms with E-state index in [1.807, 2.05) is 6.07 Å². The maximum Gasteiger partial charge on any atom is 0.260 e. The van der Waals surface area contributed by atoms with E-state index in [1.165, 1.54) is 6.20 Å². The summed E-state index contributed by atoms with van der Waals surface area (Å²) in [5.74, 6) is 0.875. The van der Waals surface area contributed by atoms with Crippen LogP contribution in [0.3, 0.4) is 0 Å². The first-order valence-corrected chi connectivity index (χ1v) is 6.85. The number of nitrogens with zero attached hydrogens (tertiary/aromatic N) is 3. The summed E-state index contributed by atoms with van der Waals surface area (Å²) in [6.45, 7) is 0. The van der Waals surface area contributed by atoms with Crippen LogP contribution in [-0.2, 0) is 6.42 Å². The largest absolute Gasteiger partial charge is 0.397 e. The molecule has 106 valence electrons. The molecule has 5 nitrogen and oxygen atoms in total. The van der Waals surface area contributed by atoms with E-state index in [1.54, 1.807) is 24.4 Å². The maximum absolute atomic E-state index is 6.13. The molecule has 2 N–H and O–H groups in total. The van der Waals surface area contributed by atoms with Crippen LogP contribution in [0.2, 0.25) is 10.0 Å². The highest BCUT2D eigenvalue weighted by molar-refractivity contribution is 6.35. The number of rotatable bonds is 3. The summed E-state index contributed by atoms with van der Waals surface area (Å²) in [6, 6.07) is 7.01. The number of halogens is 2. The van der Waals surface area contributed by atoms with E-state index in [-0.39, 0.29) is 0 Å². The first-order valence-electron chi connectivity index (χ1n) is 6.10. The van der Waals surface area contributed by atoms with Gasteiger partial charge in [0.15, 0.2) is 5.82 Å². The topological polar surface area (TPSA) is 77.8 Å². The number of anilines is 1. The van der Waals surface area contributed by atoms with E-state index in [4.69, 9.17) is 33.5 Å². The molecule has 0 spiro atoms. The Morgan fingerprint density at radius 1 is 1.19 bits per heavy atom. The van der Waals surface area contributed by atoms with Crippen molar-refractivity contribution in [2.45, 2.75) is 6.42 Å². The summed E-state index contributed by atoms with van der Waals surface area (Å²) in [5.41, 5.74) is 7.84. The molecule has 0 amide bonds. The van der Waals surface area contributed by atoms with Gasteiger partial charge in [-0.15, -0.1) is 0 Å². The van der Waals surface area contributed by atoms with Crippen LogP contribution < -0.4 is 5.73 Å². The number of hydrogen-bond donors (Lipinski definition) is 1. The number of nitrogens with two attached hydrogens (primary N) is 1. The van der Waals surface area contributed by atoms with Crippen molar-refractivity contribution in [3.05, 3.63) is 58.1 Å². The third-order valence-corrected chi connectivity index (χ3v) is 3.50. The molecule has 1 aromatic carbocycles. The van der Waals surface area contributed by atoms with Gasteiger partial charge in [0.05, 0.1) is 17.4 Å². The fourth-order valence-corrected chi connectivity index (χ4v) is 2.35. The standard InChI is InChI=1S/C14H10Cl2N4O/c15-9-2-1-8(11(16)6-9)5-13-19-14(21-20-13)10-3-4-18-7-12(10)17/h1-4,6-7H,5,17H2. The fraction of sp³-hybridized carbons (Fsp3) is 0.0714. The van der Waals surface area contributed by atoms with Crippen LogP contribution in [0.1, 0.15) is 11.4 Å². The molecule has 0 atom stereocenters. The Kier molecular flexibility index (Phi) is 3.77. The van der Waals surface area contributed by atoms with Crippen molar-refractivity contribution >= 4 is 28.9 Å². The highest BCUT2D eigenvalue weighted by Crippen LogP contribution is 2.25. The van der Waals surface area contributed by atoms with Crippen molar-refractivity contribution in [2.75, 3.05) is 5.73 Å². The van der Waals surface area contributed by atoms with E-state index in [9.17, 15) is 0 Å². The highest BCUT2D eigenvalue weighted by Gasteiger charge is 2.13. The third kappa shape index (κ3) is 2.99. The van der Waals surface area contributed by atoms with Gasteiger partial charge in [0.1, 0.15) is 0 Å². The Morgan fingerprint density at radius 2 is 2.05 bits per heavy atom. The molecule has 0 aliphatic carbocycles.